The Morgan fingerprint density at radius 3 is 2.48 bits per heavy atom. The molecule has 0 saturated heterocycles. The SMILES string of the molecule is Cc1cccc(C(Cl)c2cc3[nH]c(=O)[nH]c3cc2Br)c1Br. The van der Waals surface area contributed by atoms with E-state index in [9.17, 15) is 4.79 Å². The normalized spacial score (nSPS) is 12.8. The number of aromatic amines is 2. The van der Waals surface area contributed by atoms with Crippen LogP contribution in [0.5, 0.6) is 0 Å². The number of rotatable bonds is 2. The standard InChI is InChI=1S/C15H11Br2ClN2O/c1-7-3-2-4-8(13(7)17)14(18)9-5-11-12(6-10(9)16)20-15(21)19-11/h2-6,14H,1H3,(H2,19,20,21). The molecular formula is C15H11Br2ClN2O. The zero-order valence-electron chi connectivity index (χ0n) is 11.0. The first-order valence-corrected chi connectivity index (χ1v) is 8.30. The number of halogens is 3. The first-order valence-electron chi connectivity index (χ1n) is 6.28. The molecule has 0 radical (unpaired) electrons. The van der Waals surface area contributed by atoms with E-state index in [1.807, 2.05) is 37.3 Å². The van der Waals surface area contributed by atoms with Crippen molar-refractivity contribution in [3.63, 3.8) is 0 Å². The van der Waals surface area contributed by atoms with Crippen molar-refractivity contribution >= 4 is 54.5 Å². The summed E-state index contributed by atoms with van der Waals surface area (Å²) >= 11 is 13.8. The molecule has 6 heteroatoms. The average Bonchev–Trinajstić information content (AvgIpc) is 2.79. The molecule has 1 unspecified atom stereocenters. The Kier molecular flexibility index (Phi) is 3.99. The zero-order chi connectivity index (χ0) is 15.1. The monoisotopic (exact) mass is 428 g/mol. The predicted molar refractivity (Wildman–Crippen MR) is 93.2 cm³/mol. The molecule has 0 spiro atoms. The second-order valence-electron chi connectivity index (χ2n) is 4.84. The molecule has 1 aromatic heterocycles. The second kappa shape index (κ2) is 5.63. The fraction of sp³-hybridized carbons (Fsp3) is 0.133. The average molecular weight is 431 g/mol. The fourth-order valence-electron chi connectivity index (χ4n) is 2.30. The number of alkyl halides is 1. The van der Waals surface area contributed by atoms with Crippen LogP contribution in [0.3, 0.4) is 0 Å². The third-order valence-corrected chi connectivity index (χ3v) is 5.64. The van der Waals surface area contributed by atoms with Gasteiger partial charge in [0, 0.05) is 8.95 Å². The van der Waals surface area contributed by atoms with E-state index in [2.05, 4.69) is 41.8 Å². The summed E-state index contributed by atoms with van der Waals surface area (Å²) < 4.78 is 1.86. The highest BCUT2D eigenvalue weighted by Gasteiger charge is 2.18. The van der Waals surface area contributed by atoms with Crippen molar-refractivity contribution < 1.29 is 0 Å². The first-order chi connectivity index (χ1) is 9.97. The van der Waals surface area contributed by atoms with Crippen molar-refractivity contribution in [2.24, 2.45) is 0 Å². The first kappa shape index (κ1) is 14.9. The summed E-state index contributed by atoms with van der Waals surface area (Å²) in [5.41, 5.74) is 4.30. The van der Waals surface area contributed by atoms with E-state index in [-0.39, 0.29) is 11.1 Å². The van der Waals surface area contributed by atoms with Gasteiger partial charge >= 0.3 is 5.69 Å². The van der Waals surface area contributed by atoms with E-state index < -0.39 is 0 Å². The quantitative estimate of drug-likeness (QED) is 0.551. The van der Waals surface area contributed by atoms with Crippen molar-refractivity contribution in [3.8, 4) is 0 Å². The maximum absolute atomic E-state index is 11.4. The zero-order valence-corrected chi connectivity index (χ0v) is 14.9. The van der Waals surface area contributed by atoms with Gasteiger partial charge in [-0.1, -0.05) is 50.1 Å². The number of aromatic nitrogens is 2. The summed E-state index contributed by atoms with van der Waals surface area (Å²) in [4.78, 5) is 16.9. The minimum Gasteiger partial charge on any atom is -0.306 e. The maximum Gasteiger partial charge on any atom is 0.323 e. The second-order valence-corrected chi connectivity index (χ2v) is 6.92. The van der Waals surface area contributed by atoms with Gasteiger partial charge in [-0.05, 0) is 35.7 Å². The number of fused-ring (bicyclic) bond motifs is 1. The smallest absolute Gasteiger partial charge is 0.306 e. The summed E-state index contributed by atoms with van der Waals surface area (Å²) in [5, 5.41) is -0.323. The lowest BCUT2D eigenvalue weighted by molar-refractivity contribution is 1.11. The van der Waals surface area contributed by atoms with Crippen molar-refractivity contribution in [2.45, 2.75) is 12.3 Å². The third kappa shape index (κ3) is 2.70. The van der Waals surface area contributed by atoms with Crippen LogP contribution in [0.4, 0.5) is 0 Å². The lowest BCUT2D eigenvalue weighted by Gasteiger charge is -2.15. The lowest BCUT2D eigenvalue weighted by atomic mass is 10.0. The number of nitrogens with one attached hydrogen (secondary N) is 2. The molecular weight excluding hydrogens is 419 g/mol. The molecule has 1 heterocycles. The molecule has 0 bridgehead atoms. The summed E-state index contributed by atoms with van der Waals surface area (Å²) in [6.07, 6.45) is 0. The minimum absolute atomic E-state index is 0.225. The van der Waals surface area contributed by atoms with E-state index >= 15 is 0 Å². The van der Waals surface area contributed by atoms with Crippen LogP contribution in [0.15, 0.2) is 44.1 Å². The van der Waals surface area contributed by atoms with Crippen molar-refractivity contribution in [2.75, 3.05) is 0 Å². The number of hydrogen-bond donors (Lipinski definition) is 2. The Labute approximate surface area is 143 Å². The summed E-state index contributed by atoms with van der Waals surface area (Å²) in [5.74, 6) is 0. The molecule has 0 fully saturated rings. The van der Waals surface area contributed by atoms with Crippen LogP contribution in [-0.4, -0.2) is 9.97 Å². The largest absolute Gasteiger partial charge is 0.323 e. The van der Waals surface area contributed by atoms with Gasteiger partial charge in [-0.2, -0.15) is 0 Å². The van der Waals surface area contributed by atoms with Crippen molar-refractivity contribution in [3.05, 3.63) is 66.5 Å². The highest BCUT2D eigenvalue weighted by atomic mass is 79.9. The molecule has 0 aliphatic carbocycles. The molecule has 1 atom stereocenters. The molecule has 0 aliphatic heterocycles. The van der Waals surface area contributed by atoms with Gasteiger partial charge in [-0.15, -0.1) is 11.6 Å². The maximum atomic E-state index is 11.4. The van der Waals surface area contributed by atoms with Crippen LogP contribution >= 0.6 is 43.5 Å². The van der Waals surface area contributed by atoms with Crippen molar-refractivity contribution in [1.29, 1.82) is 0 Å². The topological polar surface area (TPSA) is 48.6 Å². The van der Waals surface area contributed by atoms with Gasteiger partial charge < -0.3 is 9.97 Å². The fourth-order valence-corrected chi connectivity index (χ4v) is 3.99. The molecule has 21 heavy (non-hydrogen) atoms. The summed E-state index contributed by atoms with van der Waals surface area (Å²) in [6.45, 7) is 2.03. The van der Waals surface area contributed by atoms with E-state index in [0.717, 1.165) is 36.7 Å². The Morgan fingerprint density at radius 2 is 1.76 bits per heavy atom. The Bertz CT molecular complexity index is 885. The molecule has 0 amide bonds. The Morgan fingerprint density at radius 1 is 1.10 bits per heavy atom. The van der Waals surface area contributed by atoms with Gasteiger partial charge in [0.15, 0.2) is 0 Å². The minimum atomic E-state index is -0.323. The van der Waals surface area contributed by atoms with E-state index in [1.165, 1.54) is 0 Å². The summed E-state index contributed by atoms with van der Waals surface area (Å²) in [6, 6.07) is 9.76. The molecule has 108 valence electrons. The van der Waals surface area contributed by atoms with E-state index in [1.54, 1.807) is 0 Å². The van der Waals surface area contributed by atoms with E-state index in [0.29, 0.717) is 0 Å². The van der Waals surface area contributed by atoms with Crippen LogP contribution in [0, 0.1) is 6.92 Å². The van der Waals surface area contributed by atoms with Crippen LogP contribution in [0.2, 0.25) is 0 Å². The highest BCUT2D eigenvalue weighted by Crippen LogP contribution is 2.39. The summed E-state index contributed by atoms with van der Waals surface area (Å²) in [7, 11) is 0. The van der Waals surface area contributed by atoms with Gasteiger partial charge in [0.05, 0.1) is 16.4 Å². The van der Waals surface area contributed by atoms with Gasteiger partial charge in [0.25, 0.3) is 0 Å². The van der Waals surface area contributed by atoms with E-state index in [4.69, 9.17) is 11.6 Å². The van der Waals surface area contributed by atoms with Crippen molar-refractivity contribution in [1.82, 2.24) is 9.97 Å². The predicted octanol–water partition coefficient (Wildman–Crippen LogP) is 5.02. The van der Waals surface area contributed by atoms with Crippen LogP contribution in [-0.2, 0) is 0 Å². The number of H-pyrrole nitrogens is 2. The number of aryl methyl sites for hydroxylation is 1. The van der Waals surface area contributed by atoms with Gasteiger partial charge in [0.2, 0.25) is 0 Å². The third-order valence-electron chi connectivity index (χ3n) is 3.40. The molecule has 2 N–H and O–H groups in total. The number of imidazole rings is 1. The van der Waals surface area contributed by atoms with Gasteiger partial charge in [0.1, 0.15) is 0 Å². The van der Waals surface area contributed by atoms with Crippen LogP contribution < -0.4 is 5.69 Å². The Balaban J connectivity index is 2.16. The van der Waals surface area contributed by atoms with Gasteiger partial charge in [-0.3, -0.25) is 0 Å². The Hall–Kier alpha value is -1.04. The molecule has 2 aromatic carbocycles. The van der Waals surface area contributed by atoms with Crippen LogP contribution in [0.25, 0.3) is 11.0 Å². The molecule has 3 rings (SSSR count). The molecule has 0 aliphatic rings. The molecule has 3 nitrogen and oxygen atoms in total. The lowest BCUT2D eigenvalue weighted by Crippen LogP contribution is -1.99. The molecule has 0 saturated carbocycles. The molecule has 3 aromatic rings. The number of benzene rings is 2. The van der Waals surface area contributed by atoms with Crippen LogP contribution in [0.1, 0.15) is 22.1 Å². The highest BCUT2D eigenvalue weighted by molar-refractivity contribution is 9.10. The van der Waals surface area contributed by atoms with Gasteiger partial charge in [-0.25, -0.2) is 4.79 Å². The number of hydrogen-bond acceptors (Lipinski definition) is 1.